The van der Waals surface area contributed by atoms with Crippen molar-refractivity contribution in [2.24, 2.45) is 0 Å². The highest BCUT2D eigenvalue weighted by molar-refractivity contribution is 9.10. The molecule has 0 fully saturated rings. The van der Waals surface area contributed by atoms with Gasteiger partial charge < -0.3 is 5.32 Å². The van der Waals surface area contributed by atoms with E-state index >= 15 is 0 Å². The molecule has 0 aliphatic rings. The lowest BCUT2D eigenvalue weighted by Gasteiger charge is -2.03. The molecule has 1 amide bonds. The fraction of sp³-hybridized carbons (Fsp3) is 0.200. The number of carbonyl (C=O) groups excluding carboxylic acids is 1. The molecule has 0 aliphatic heterocycles. The molecule has 3 nitrogen and oxygen atoms in total. The molecule has 0 unspecified atom stereocenters. The number of amides is 1. The van der Waals surface area contributed by atoms with E-state index in [0.717, 1.165) is 0 Å². The van der Waals surface area contributed by atoms with E-state index in [4.69, 9.17) is 6.42 Å². The van der Waals surface area contributed by atoms with Crippen LogP contribution in [0.15, 0.2) is 22.8 Å². The fourth-order valence-electron chi connectivity index (χ4n) is 0.885. The standard InChI is InChI=1S/C10H9BrN2O/c1-2-3-6-13-10(14)9-8(11)5-4-7-12-9/h1,4-5,7H,3,6H2,(H,13,14). The molecule has 4 heteroatoms. The highest BCUT2D eigenvalue weighted by Crippen LogP contribution is 2.12. The van der Waals surface area contributed by atoms with E-state index in [1.165, 1.54) is 0 Å². The highest BCUT2D eigenvalue weighted by atomic mass is 79.9. The van der Waals surface area contributed by atoms with Gasteiger partial charge in [-0.1, -0.05) is 0 Å². The molecule has 1 aromatic heterocycles. The van der Waals surface area contributed by atoms with Gasteiger partial charge in [0.25, 0.3) is 5.91 Å². The van der Waals surface area contributed by atoms with Crippen LogP contribution in [0.3, 0.4) is 0 Å². The summed E-state index contributed by atoms with van der Waals surface area (Å²) >= 11 is 3.24. The Kier molecular flexibility index (Phi) is 4.14. The van der Waals surface area contributed by atoms with Crippen LogP contribution in [-0.2, 0) is 0 Å². The second kappa shape index (κ2) is 5.40. The van der Waals surface area contributed by atoms with Crippen molar-refractivity contribution in [3.63, 3.8) is 0 Å². The average Bonchev–Trinajstić information content (AvgIpc) is 2.18. The van der Waals surface area contributed by atoms with Gasteiger partial charge in [0, 0.05) is 23.6 Å². The molecule has 14 heavy (non-hydrogen) atoms. The van der Waals surface area contributed by atoms with Gasteiger partial charge in [-0.15, -0.1) is 12.3 Å². The second-order valence-electron chi connectivity index (χ2n) is 2.54. The molecular formula is C10H9BrN2O. The van der Waals surface area contributed by atoms with Gasteiger partial charge in [0.2, 0.25) is 0 Å². The summed E-state index contributed by atoms with van der Waals surface area (Å²) in [6, 6.07) is 3.52. The third-order valence-electron chi connectivity index (χ3n) is 1.53. The third kappa shape index (κ3) is 2.86. The molecule has 0 bridgehead atoms. The summed E-state index contributed by atoms with van der Waals surface area (Å²) in [4.78, 5) is 15.4. The number of rotatable bonds is 3. The van der Waals surface area contributed by atoms with Crippen LogP contribution in [0.25, 0.3) is 0 Å². The van der Waals surface area contributed by atoms with E-state index in [1.807, 2.05) is 0 Å². The van der Waals surface area contributed by atoms with E-state index < -0.39 is 0 Å². The molecule has 0 spiro atoms. The van der Waals surface area contributed by atoms with Crippen molar-refractivity contribution in [2.45, 2.75) is 6.42 Å². The number of carbonyl (C=O) groups is 1. The van der Waals surface area contributed by atoms with Crippen LogP contribution in [0, 0.1) is 12.3 Å². The predicted molar refractivity (Wildman–Crippen MR) is 57.7 cm³/mol. The summed E-state index contributed by atoms with van der Waals surface area (Å²) in [5, 5.41) is 2.67. The van der Waals surface area contributed by atoms with Crippen LogP contribution >= 0.6 is 15.9 Å². The average molecular weight is 253 g/mol. The summed E-state index contributed by atoms with van der Waals surface area (Å²) in [7, 11) is 0. The normalized spacial score (nSPS) is 9.14. The minimum atomic E-state index is -0.215. The van der Waals surface area contributed by atoms with E-state index in [0.29, 0.717) is 23.1 Å². The quantitative estimate of drug-likeness (QED) is 0.656. The molecule has 0 saturated carbocycles. The number of nitrogens with zero attached hydrogens (tertiary/aromatic N) is 1. The molecule has 0 aromatic carbocycles. The first-order valence-corrected chi connectivity index (χ1v) is 4.87. The lowest BCUT2D eigenvalue weighted by molar-refractivity contribution is 0.0949. The van der Waals surface area contributed by atoms with Gasteiger partial charge in [-0.05, 0) is 28.1 Å². The van der Waals surface area contributed by atoms with Gasteiger partial charge in [-0.2, -0.15) is 0 Å². The van der Waals surface area contributed by atoms with Crippen LogP contribution in [-0.4, -0.2) is 17.4 Å². The van der Waals surface area contributed by atoms with Crippen molar-refractivity contribution in [2.75, 3.05) is 6.54 Å². The Morgan fingerprint density at radius 1 is 1.71 bits per heavy atom. The Hall–Kier alpha value is -1.34. The van der Waals surface area contributed by atoms with Gasteiger partial charge in [-0.25, -0.2) is 4.98 Å². The van der Waals surface area contributed by atoms with Crippen LogP contribution in [0.2, 0.25) is 0 Å². The Labute approximate surface area is 91.1 Å². The molecule has 0 radical (unpaired) electrons. The van der Waals surface area contributed by atoms with Crippen LogP contribution < -0.4 is 5.32 Å². The summed E-state index contributed by atoms with van der Waals surface area (Å²) in [6.45, 7) is 0.471. The van der Waals surface area contributed by atoms with Crippen LogP contribution in [0.4, 0.5) is 0 Å². The predicted octanol–water partition coefficient (Wildman–Crippen LogP) is 1.60. The molecule has 1 N–H and O–H groups in total. The van der Waals surface area contributed by atoms with Crippen molar-refractivity contribution < 1.29 is 4.79 Å². The fourth-order valence-corrected chi connectivity index (χ4v) is 1.32. The molecule has 1 heterocycles. The van der Waals surface area contributed by atoms with E-state index in [2.05, 4.69) is 32.2 Å². The Bertz CT molecular complexity index is 371. The maximum atomic E-state index is 11.5. The number of hydrogen-bond donors (Lipinski definition) is 1. The summed E-state index contributed by atoms with van der Waals surface area (Å²) in [5.74, 6) is 2.23. The van der Waals surface area contributed by atoms with Crippen LogP contribution in [0.1, 0.15) is 16.9 Å². The smallest absolute Gasteiger partial charge is 0.271 e. The Balaban J connectivity index is 2.62. The monoisotopic (exact) mass is 252 g/mol. The first-order valence-electron chi connectivity index (χ1n) is 4.08. The number of terminal acetylenes is 1. The first-order chi connectivity index (χ1) is 6.75. The maximum Gasteiger partial charge on any atom is 0.271 e. The van der Waals surface area contributed by atoms with E-state index in [9.17, 15) is 4.79 Å². The Morgan fingerprint density at radius 3 is 3.14 bits per heavy atom. The largest absolute Gasteiger partial charge is 0.350 e. The highest BCUT2D eigenvalue weighted by Gasteiger charge is 2.09. The zero-order valence-corrected chi connectivity index (χ0v) is 9.04. The van der Waals surface area contributed by atoms with Gasteiger partial charge >= 0.3 is 0 Å². The summed E-state index contributed by atoms with van der Waals surface area (Å²) < 4.78 is 0.679. The number of hydrogen-bond acceptors (Lipinski definition) is 2. The molecule has 72 valence electrons. The summed E-state index contributed by atoms with van der Waals surface area (Å²) in [6.07, 6.45) is 7.15. The molecule has 0 atom stereocenters. The minimum Gasteiger partial charge on any atom is -0.350 e. The molecular weight excluding hydrogens is 244 g/mol. The SMILES string of the molecule is C#CCCNC(=O)c1ncccc1Br. The number of aromatic nitrogens is 1. The molecule has 1 aromatic rings. The topological polar surface area (TPSA) is 42.0 Å². The van der Waals surface area contributed by atoms with Gasteiger partial charge in [-0.3, -0.25) is 4.79 Å². The van der Waals surface area contributed by atoms with Crippen LogP contribution in [0.5, 0.6) is 0 Å². The number of nitrogens with one attached hydrogen (secondary N) is 1. The lowest BCUT2D eigenvalue weighted by atomic mass is 10.3. The molecule has 1 rings (SSSR count). The van der Waals surface area contributed by atoms with Crippen molar-refractivity contribution in [3.8, 4) is 12.3 Å². The zero-order chi connectivity index (χ0) is 10.4. The Morgan fingerprint density at radius 2 is 2.50 bits per heavy atom. The first kappa shape index (κ1) is 10.7. The number of pyridine rings is 1. The molecule has 0 saturated heterocycles. The second-order valence-corrected chi connectivity index (χ2v) is 3.40. The van der Waals surface area contributed by atoms with Crippen molar-refractivity contribution in [1.82, 2.24) is 10.3 Å². The van der Waals surface area contributed by atoms with Crippen molar-refractivity contribution in [3.05, 3.63) is 28.5 Å². The third-order valence-corrected chi connectivity index (χ3v) is 2.17. The van der Waals surface area contributed by atoms with E-state index in [-0.39, 0.29) is 5.91 Å². The van der Waals surface area contributed by atoms with Gasteiger partial charge in [0.1, 0.15) is 5.69 Å². The van der Waals surface area contributed by atoms with Crippen molar-refractivity contribution in [1.29, 1.82) is 0 Å². The summed E-state index contributed by atoms with van der Waals surface area (Å²) in [5.41, 5.74) is 0.379. The lowest BCUT2D eigenvalue weighted by Crippen LogP contribution is -2.25. The minimum absolute atomic E-state index is 0.215. The van der Waals surface area contributed by atoms with Gasteiger partial charge in [0.05, 0.1) is 0 Å². The van der Waals surface area contributed by atoms with E-state index in [1.54, 1.807) is 18.3 Å². The maximum absolute atomic E-state index is 11.5. The molecule has 0 aliphatic carbocycles. The van der Waals surface area contributed by atoms with Gasteiger partial charge in [0.15, 0.2) is 0 Å². The van der Waals surface area contributed by atoms with Crippen molar-refractivity contribution >= 4 is 21.8 Å². The zero-order valence-electron chi connectivity index (χ0n) is 7.46. The number of halogens is 1.